The SMILES string of the molecule is CC(C)CNCc1ccn(Cc2cncc(Br)c2)n1. The maximum Gasteiger partial charge on any atom is 0.0762 e. The van der Waals surface area contributed by atoms with Crippen LogP contribution in [-0.2, 0) is 13.1 Å². The summed E-state index contributed by atoms with van der Waals surface area (Å²) in [6.45, 7) is 6.98. The van der Waals surface area contributed by atoms with Gasteiger partial charge < -0.3 is 5.32 Å². The number of nitrogens with zero attached hydrogens (tertiary/aromatic N) is 3. The summed E-state index contributed by atoms with van der Waals surface area (Å²) in [6, 6.07) is 4.12. The monoisotopic (exact) mass is 322 g/mol. The van der Waals surface area contributed by atoms with Crippen molar-refractivity contribution >= 4 is 15.9 Å². The Morgan fingerprint density at radius 1 is 1.37 bits per heavy atom. The van der Waals surface area contributed by atoms with Crippen molar-refractivity contribution in [2.75, 3.05) is 6.54 Å². The van der Waals surface area contributed by atoms with Crippen molar-refractivity contribution in [3.8, 4) is 0 Å². The molecule has 19 heavy (non-hydrogen) atoms. The second-order valence-corrected chi connectivity index (χ2v) is 5.96. The van der Waals surface area contributed by atoms with E-state index in [9.17, 15) is 0 Å². The van der Waals surface area contributed by atoms with Crippen LogP contribution in [0.25, 0.3) is 0 Å². The highest BCUT2D eigenvalue weighted by atomic mass is 79.9. The molecule has 0 aliphatic carbocycles. The van der Waals surface area contributed by atoms with Gasteiger partial charge in [0, 0.05) is 29.6 Å². The van der Waals surface area contributed by atoms with Gasteiger partial charge in [-0.3, -0.25) is 9.67 Å². The molecular weight excluding hydrogens is 304 g/mol. The molecule has 0 saturated carbocycles. The number of nitrogens with one attached hydrogen (secondary N) is 1. The van der Waals surface area contributed by atoms with Gasteiger partial charge in [0.1, 0.15) is 0 Å². The van der Waals surface area contributed by atoms with E-state index >= 15 is 0 Å². The van der Waals surface area contributed by atoms with Gasteiger partial charge in [0.15, 0.2) is 0 Å². The van der Waals surface area contributed by atoms with E-state index in [0.717, 1.165) is 35.4 Å². The Bertz CT molecular complexity index is 522. The third-order valence-electron chi connectivity index (χ3n) is 2.66. The van der Waals surface area contributed by atoms with Crippen LogP contribution >= 0.6 is 15.9 Å². The third kappa shape index (κ3) is 4.76. The van der Waals surface area contributed by atoms with Crippen LogP contribution in [0.4, 0.5) is 0 Å². The van der Waals surface area contributed by atoms with Gasteiger partial charge in [0.05, 0.1) is 12.2 Å². The zero-order chi connectivity index (χ0) is 13.7. The van der Waals surface area contributed by atoms with Crippen LogP contribution in [0, 0.1) is 5.92 Å². The molecule has 5 heteroatoms. The first-order valence-electron chi connectivity index (χ1n) is 6.46. The lowest BCUT2D eigenvalue weighted by Gasteiger charge is -2.05. The summed E-state index contributed by atoms with van der Waals surface area (Å²) in [5.74, 6) is 0.662. The maximum atomic E-state index is 4.54. The molecule has 0 atom stereocenters. The molecule has 1 N–H and O–H groups in total. The molecule has 0 aliphatic heterocycles. The van der Waals surface area contributed by atoms with Gasteiger partial charge in [-0.25, -0.2) is 0 Å². The topological polar surface area (TPSA) is 42.7 Å². The van der Waals surface area contributed by atoms with Crippen LogP contribution in [0.1, 0.15) is 25.1 Å². The summed E-state index contributed by atoms with van der Waals surface area (Å²) in [4.78, 5) is 4.16. The van der Waals surface area contributed by atoms with Gasteiger partial charge >= 0.3 is 0 Å². The van der Waals surface area contributed by atoms with E-state index in [2.05, 4.69) is 57.3 Å². The second-order valence-electron chi connectivity index (χ2n) is 5.04. The van der Waals surface area contributed by atoms with Crippen LogP contribution in [0.15, 0.2) is 35.2 Å². The van der Waals surface area contributed by atoms with Crippen molar-refractivity contribution in [3.63, 3.8) is 0 Å². The summed E-state index contributed by atoms with van der Waals surface area (Å²) >= 11 is 3.43. The lowest BCUT2D eigenvalue weighted by Crippen LogP contribution is -2.19. The molecule has 2 rings (SSSR count). The number of pyridine rings is 1. The zero-order valence-corrected chi connectivity index (χ0v) is 12.9. The molecule has 0 fully saturated rings. The second kappa shape index (κ2) is 6.82. The van der Waals surface area contributed by atoms with Crippen molar-refractivity contribution < 1.29 is 0 Å². The molecule has 4 nitrogen and oxygen atoms in total. The molecule has 2 aromatic rings. The van der Waals surface area contributed by atoms with E-state index in [1.807, 2.05) is 17.1 Å². The van der Waals surface area contributed by atoms with Crippen LogP contribution < -0.4 is 5.32 Å². The highest BCUT2D eigenvalue weighted by Gasteiger charge is 2.01. The summed E-state index contributed by atoms with van der Waals surface area (Å²) in [5, 5.41) is 7.93. The van der Waals surface area contributed by atoms with E-state index in [0.29, 0.717) is 5.92 Å². The Labute approximate surface area is 122 Å². The number of halogens is 1. The van der Waals surface area contributed by atoms with E-state index in [4.69, 9.17) is 0 Å². The summed E-state index contributed by atoms with van der Waals surface area (Å²) in [7, 11) is 0. The molecular formula is C14H19BrN4. The molecule has 0 aliphatic rings. The highest BCUT2D eigenvalue weighted by molar-refractivity contribution is 9.10. The van der Waals surface area contributed by atoms with E-state index < -0.39 is 0 Å². The zero-order valence-electron chi connectivity index (χ0n) is 11.3. The molecule has 0 aromatic carbocycles. The molecule has 0 amide bonds. The predicted molar refractivity (Wildman–Crippen MR) is 79.8 cm³/mol. The number of hydrogen-bond acceptors (Lipinski definition) is 3. The first-order chi connectivity index (χ1) is 9.13. The van der Waals surface area contributed by atoms with E-state index in [1.165, 1.54) is 0 Å². The summed E-state index contributed by atoms with van der Waals surface area (Å²) < 4.78 is 2.94. The molecule has 102 valence electrons. The molecule has 0 radical (unpaired) electrons. The molecule has 2 aromatic heterocycles. The maximum absolute atomic E-state index is 4.54. The smallest absolute Gasteiger partial charge is 0.0762 e. The van der Waals surface area contributed by atoms with Crippen LogP contribution in [0.5, 0.6) is 0 Å². The summed E-state index contributed by atoms with van der Waals surface area (Å²) in [6.07, 6.45) is 5.66. The Morgan fingerprint density at radius 3 is 2.95 bits per heavy atom. The van der Waals surface area contributed by atoms with Crippen molar-refractivity contribution in [2.45, 2.75) is 26.9 Å². The van der Waals surface area contributed by atoms with Crippen molar-refractivity contribution in [1.82, 2.24) is 20.1 Å². The van der Waals surface area contributed by atoms with Gasteiger partial charge in [-0.2, -0.15) is 5.10 Å². The number of hydrogen-bond donors (Lipinski definition) is 1. The molecule has 0 spiro atoms. The fourth-order valence-electron chi connectivity index (χ4n) is 1.80. The minimum absolute atomic E-state index is 0.662. The predicted octanol–water partition coefficient (Wildman–Crippen LogP) is 2.83. The number of rotatable bonds is 6. The van der Waals surface area contributed by atoms with Crippen molar-refractivity contribution in [3.05, 3.63) is 46.5 Å². The molecule has 0 unspecified atom stereocenters. The van der Waals surface area contributed by atoms with Crippen molar-refractivity contribution in [2.24, 2.45) is 5.92 Å². The first-order valence-corrected chi connectivity index (χ1v) is 7.25. The minimum atomic E-state index is 0.662. The molecule has 0 bridgehead atoms. The normalized spacial score (nSPS) is 11.2. The quantitative estimate of drug-likeness (QED) is 0.889. The lowest BCUT2D eigenvalue weighted by atomic mass is 10.2. The lowest BCUT2D eigenvalue weighted by molar-refractivity contribution is 0.543. The van der Waals surface area contributed by atoms with Gasteiger partial charge in [0.2, 0.25) is 0 Å². The van der Waals surface area contributed by atoms with Gasteiger partial charge in [0.25, 0.3) is 0 Å². The Balaban J connectivity index is 1.90. The third-order valence-corrected chi connectivity index (χ3v) is 3.09. The van der Waals surface area contributed by atoms with E-state index in [1.54, 1.807) is 6.20 Å². The first kappa shape index (κ1) is 14.2. The average Bonchev–Trinajstić information content (AvgIpc) is 2.76. The van der Waals surface area contributed by atoms with E-state index in [-0.39, 0.29) is 0 Å². The Hall–Kier alpha value is -1.20. The fraction of sp³-hybridized carbons (Fsp3) is 0.429. The molecule has 0 saturated heterocycles. The van der Waals surface area contributed by atoms with Crippen LogP contribution in [0.2, 0.25) is 0 Å². The Kier molecular flexibility index (Phi) is 5.10. The molecule has 2 heterocycles. The fourth-order valence-corrected chi connectivity index (χ4v) is 2.22. The van der Waals surface area contributed by atoms with Crippen LogP contribution in [0.3, 0.4) is 0 Å². The van der Waals surface area contributed by atoms with Crippen molar-refractivity contribution in [1.29, 1.82) is 0 Å². The number of aromatic nitrogens is 3. The van der Waals surface area contributed by atoms with Gasteiger partial charge in [-0.1, -0.05) is 13.8 Å². The largest absolute Gasteiger partial charge is 0.311 e. The minimum Gasteiger partial charge on any atom is -0.311 e. The Morgan fingerprint density at radius 2 is 2.21 bits per heavy atom. The summed E-state index contributed by atoms with van der Waals surface area (Å²) in [5.41, 5.74) is 2.21. The van der Waals surface area contributed by atoms with Gasteiger partial charge in [-0.15, -0.1) is 0 Å². The van der Waals surface area contributed by atoms with Crippen LogP contribution in [-0.4, -0.2) is 21.3 Å². The standard InChI is InChI=1S/C14H19BrN4/c1-11(2)6-16-9-14-3-4-19(18-14)10-12-5-13(15)8-17-7-12/h3-5,7-8,11,16H,6,9-10H2,1-2H3. The average molecular weight is 323 g/mol. The highest BCUT2D eigenvalue weighted by Crippen LogP contribution is 2.10. The van der Waals surface area contributed by atoms with Gasteiger partial charge in [-0.05, 0) is 46.1 Å².